The van der Waals surface area contributed by atoms with Crippen LogP contribution in [-0.4, -0.2) is 22.7 Å². The molecule has 0 saturated carbocycles. The normalized spacial score (nSPS) is 14.7. The van der Waals surface area contributed by atoms with E-state index in [2.05, 4.69) is 59.1 Å². The molecule has 0 bridgehead atoms. The van der Waals surface area contributed by atoms with E-state index in [1.165, 1.54) is 0 Å². The number of thiophene rings is 1. The van der Waals surface area contributed by atoms with Crippen molar-refractivity contribution in [3.05, 3.63) is 21.8 Å². The third kappa shape index (κ3) is 3.48. The van der Waals surface area contributed by atoms with Crippen LogP contribution in [0.1, 0.15) is 39.5 Å². The molecule has 0 aromatic carbocycles. The van der Waals surface area contributed by atoms with Crippen molar-refractivity contribution < 1.29 is 4.52 Å². The van der Waals surface area contributed by atoms with Gasteiger partial charge in [-0.15, -0.1) is 11.3 Å². The summed E-state index contributed by atoms with van der Waals surface area (Å²) in [7, 11) is 0. The number of rotatable bonds is 6. The third-order valence-corrected chi connectivity index (χ3v) is 4.98. The fourth-order valence-corrected chi connectivity index (χ4v) is 3.78. The fraction of sp³-hybridized carbons (Fsp3) is 0.571. The summed E-state index contributed by atoms with van der Waals surface area (Å²) in [6.07, 6.45) is 0. The van der Waals surface area contributed by atoms with Gasteiger partial charge in [0.05, 0.1) is 10.8 Å². The molecule has 0 aliphatic carbocycles. The highest BCUT2D eigenvalue weighted by Crippen LogP contribution is 2.31. The zero-order chi connectivity index (χ0) is 14.7. The van der Waals surface area contributed by atoms with Crippen LogP contribution in [0.15, 0.2) is 20.4 Å². The summed E-state index contributed by atoms with van der Waals surface area (Å²) in [6, 6.07) is 2.32. The highest BCUT2D eigenvalue weighted by atomic mass is 79.9. The highest BCUT2D eigenvalue weighted by Gasteiger charge is 2.28. The molecule has 6 heteroatoms. The number of halogens is 1. The molecule has 2 aromatic rings. The molecular weight excluding hydrogens is 338 g/mol. The van der Waals surface area contributed by atoms with Gasteiger partial charge in [-0.05, 0) is 41.4 Å². The summed E-state index contributed by atoms with van der Waals surface area (Å²) in [5.74, 6) is 2.05. The molecule has 2 heterocycles. The van der Waals surface area contributed by atoms with Gasteiger partial charge in [-0.3, -0.25) is 0 Å². The lowest BCUT2D eigenvalue weighted by Gasteiger charge is -2.24. The predicted molar refractivity (Wildman–Crippen MR) is 86.0 cm³/mol. The summed E-state index contributed by atoms with van der Waals surface area (Å²) in [6.45, 7) is 9.58. The van der Waals surface area contributed by atoms with E-state index in [1.54, 1.807) is 11.3 Å². The molecule has 1 N–H and O–H groups in total. The minimum atomic E-state index is 0.222. The molecule has 0 amide bonds. The molecule has 0 fully saturated rings. The van der Waals surface area contributed by atoms with Crippen LogP contribution in [0.4, 0.5) is 0 Å². The summed E-state index contributed by atoms with van der Waals surface area (Å²) < 4.78 is 6.56. The maximum Gasteiger partial charge on any atom is 0.231 e. The molecule has 0 aliphatic rings. The number of hydrogen-bond donors (Lipinski definition) is 1. The van der Waals surface area contributed by atoms with Crippen LogP contribution < -0.4 is 5.32 Å². The van der Waals surface area contributed by atoms with Crippen molar-refractivity contribution in [2.75, 3.05) is 6.54 Å². The van der Waals surface area contributed by atoms with Gasteiger partial charge in [0, 0.05) is 15.9 Å². The predicted octanol–water partition coefficient (Wildman–Crippen LogP) is 4.30. The number of nitrogens with one attached hydrogen (secondary N) is 1. The Morgan fingerprint density at radius 1 is 1.40 bits per heavy atom. The second-order valence-corrected chi connectivity index (χ2v) is 7.03. The number of hydrogen-bond acceptors (Lipinski definition) is 5. The van der Waals surface area contributed by atoms with E-state index < -0.39 is 0 Å². The average molecular weight is 358 g/mol. The molecular formula is C14H20BrN3OS. The summed E-state index contributed by atoms with van der Waals surface area (Å²) in [5.41, 5.74) is 0. The average Bonchev–Trinajstić information content (AvgIpc) is 2.98. The van der Waals surface area contributed by atoms with E-state index >= 15 is 0 Å². The number of nitrogens with zero attached hydrogens (tertiary/aromatic N) is 2. The van der Waals surface area contributed by atoms with Gasteiger partial charge in [0.2, 0.25) is 11.7 Å². The molecule has 110 valence electrons. The fourth-order valence-electron chi connectivity index (χ4n) is 2.43. The molecule has 2 aromatic heterocycles. The Balaban J connectivity index is 2.25. The first-order valence-electron chi connectivity index (χ1n) is 6.84. The van der Waals surface area contributed by atoms with Crippen molar-refractivity contribution in [2.24, 2.45) is 5.92 Å². The summed E-state index contributed by atoms with van der Waals surface area (Å²) >= 11 is 5.05. The lowest BCUT2D eigenvalue weighted by Crippen LogP contribution is -2.34. The molecule has 0 aliphatic heterocycles. The van der Waals surface area contributed by atoms with E-state index in [-0.39, 0.29) is 5.92 Å². The van der Waals surface area contributed by atoms with Crippen molar-refractivity contribution in [3.63, 3.8) is 0 Å². The summed E-state index contributed by atoms with van der Waals surface area (Å²) in [4.78, 5) is 5.61. The lowest BCUT2D eigenvalue weighted by atomic mass is 9.89. The Morgan fingerprint density at radius 3 is 2.70 bits per heavy atom. The van der Waals surface area contributed by atoms with Crippen molar-refractivity contribution in [1.29, 1.82) is 0 Å². The number of likely N-dealkylation sites (N-methyl/N-ethyl adjacent to an activating group) is 1. The van der Waals surface area contributed by atoms with Gasteiger partial charge < -0.3 is 9.84 Å². The standard InChI is InChI=1S/C14H20BrN3OS/c1-5-16-9(4)12(8(2)3)14-17-13(18-19-14)11-6-10(15)7-20-11/h6-9,12,16H,5H2,1-4H3. The van der Waals surface area contributed by atoms with E-state index in [1.807, 2.05) is 11.4 Å². The smallest absolute Gasteiger partial charge is 0.231 e. The summed E-state index contributed by atoms with van der Waals surface area (Å²) in [5, 5.41) is 9.59. The maximum atomic E-state index is 5.51. The third-order valence-electron chi connectivity index (χ3n) is 3.30. The first-order valence-corrected chi connectivity index (χ1v) is 8.51. The molecule has 2 rings (SSSR count). The van der Waals surface area contributed by atoms with Crippen LogP contribution in [0.3, 0.4) is 0 Å². The van der Waals surface area contributed by atoms with Gasteiger partial charge in [-0.1, -0.05) is 25.9 Å². The van der Waals surface area contributed by atoms with Crippen molar-refractivity contribution in [1.82, 2.24) is 15.5 Å². The zero-order valence-electron chi connectivity index (χ0n) is 12.2. The molecule has 20 heavy (non-hydrogen) atoms. The van der Waals surface area contributed by atoms with Crippen LogP contribution in [0, 0.1) is 5.92 Å². The van der Waals surface area contributed by atoms with E-state index in [4.69, 9.17) is 4.52 Å². The van der Waals surface area contributed by atoms with Crippen LogP contribution in [0.25, 0.3) is 10.7 Å². The van der Waals surface area contributed by atoms with Crippen LogP contribution in [-0.2, 0) is 0 Å². The first kappa shape index (κ1) is 15.7. The first-order chi connectivity index (χ1) is 9.52. The molecule has 0 spiro atoms. The Bertz CT molecular complexity index is 552. The minimum Gasteiger partial charge on any atom is -0.339 e. The molecule has 0 radical (unpaired) electrons. The zero-order valence-corrected chi connectivity index (χ0v) is 14.6. The highest BCUT2D eigenvalue weighted by molar-refractivity contribution is 9.10. The van der Waals surface area contributed by atoms with Crippen molar-refractivity contribution in [2.45, 2.75) is 39.7 Å². The Hall–Kier alpha value is -0.720. The minimum absolute atomic E-state index is 0.222. The van der Waals surface area contributed by atoms with Gasteiger partial charge in [0.1, 0.15) is 0 Å². The maximum absolute atomic E-state index is 5.51. The van der Waals surface area contributed by atoms with E-state index in [0.29, 0.717) is 23.7 Å². The van der Waals surface area contributed by atoms with Gasteiger partial charge in [-0.25, -0.2) is 0 Å². The van der Waals surface area contributed by atoms with Gasteiger partial charge in [-0.2, -0.15) is 4.98 Å². The van der Waals surface area contributed by atoms with E-state index in [0.717, 1.165) is 15.9 Å². The second-order valence-electron chi connectivity index (χ2n) is 5.20. The second kappa shape index (κ2) is 6.83. The Labute approximate surface area is 132 Å². The van der Waals surface area contributed by atoms with Gasteiger partial charge in [0.15, 0.2) is 0 Å². The number of aromatic nitrogens is 2. The van der Waals surface area contributed by atoms with E-state index in [9.17, 15) is 0 Å². The largest absolute Gasteiger partial charge is 0.339 e. The molecule has 0 saturated heterocycles. The van der Waals surface area contributed by atoms with Gasteiger partial charge in [0.25, 0.3) is 0 Å². The molecule has 4 nitrogen and oxygen atoms in total. The van der Waals surface area contributed by atoms with Gasteiger partial charge >= 0.3 is 0 Å². The molecule has 2 atom stereocenters. The van der Waals surface area contributed by atoms with Crippen LogP contribution in [0.5, 0.6) is 0 Å². The lowest BCUT2D eigenvalue weighted by molar-refractivity contribution is 0.281. The van der Waals surface area contributed by atoms with Crippen LogP contribution >= 0.6 is 27.3 Å². The topological polar surface area (TPSA) is 51.0 Å². The quantitative estimate of drug-likeness (QED) is 0.837. The molecule has 2 unspecified atom stereocenters. The monoisotopic (exact) mass is 357 g/mol. The Kier molecular flexibility index (Phi) is 5.35. The Morgan fingerprint density at radius 2 is 2.15 bits per heavy atom. The van der Waals surface area contributed by atoms with Crippen molar-refractivity contribution >= 4 is 27.3 Å². The van der Waals surface area contributed by atoms with Crippen molar-refractivity contribution in [3.8, 4) is 10.7 Å². The SMILES string of the molecule is CCNC(C)C(c1nc(-c2cc(Br)cs2)no1)C(C)C. The van der Waals surface area contributed by atoms with Crippen LogP contribution in [0.2, 0.25) is 0 Å².